The summed E-state index contributed by atoms with van der Waals surface area (Å²) in [6.07, 6.45) is 8.71. The van der Waals surface area contributed by atoms with E-state index in [2.05, 4.69) is 20.3 Å². The number of halogens is 1. The molecule has 1 saturated heterocycles. The predicted molar refractivity (Wildman–Crippen MR) is 117 cm³/mol. The van der Waals surface area contributed by atoms with Gasteiger partial charge in [0.25, 0.3) is 0 Å². The SMILES string of the molecule is CC[C@H](F)[C@H]1CN(c2ncc(C3CC3)cn2)C(=O)N1CC(=O)Nc1cc(C2CC2)ccn1. The number of amides is 3. The van der Waals surface area contributed by atoms with E-state index in [1.165, 1.54) is 9.80 Å². The fraction of sp³-hybridized carbons (Fsp3) is 0.522. The molecule has 2 aromatic rings. The fourth-order valence-electron chi connectivity index (χ4n) is 4.22. The Morgan fingerprint density at radius 3 is 2.50 bits per heavy atom. The number of hydrogen-bond acceptors (Lipinski definition) is 5. The lowest BCUT2D eigenvalue weighted by atomic mass is 10.1. The topological polar surface area (TPSA) is 91.3 Å². The molecule has 0 unspecified atom stereocenters. The van der Waals surface area contributed by atoms with E-state index < -0.39 is 24.2 Å². The Morgan fingerprint density at radius 2 is 1.84 bits per heavy atom. The van der Waals surface area contributed by atoms with Crippen molar-refractivity contribution < 1.29 is 14.0 Å². The van der Waals surface area contributed by atoms with E-state index in [-0.39, 0.29) is 25.5 Å². The number of nitrogens with one attached hydrogen (secondary N) is 1. The van der Waals surface area contributed by atoms with Crippen LogP contribution < -0.4 is 10.2 Å². The maximum atomic E-state index is 14.7. The first kappa shape index (κ1) is 20.8. The summed E-state index contributed by atoms with van der Waals surface area (Å²) in [5.41, 5.74) is 2.21. The van der Waals surface area contributed by atoms with Gasteiger partial charge in [-0.05, 0) is 67.2 Å². The highest BCUT2D eigenvalue weighted by Gasteiger charge is 2.44. The van der Waals surface area contributed by atoms with Gasteiger partial charge in [-0.2, -0.15) is 0 Å². The monoisotopic (exact) mass is 438 g/mol. The number of carbonyl (C=O) groups is 2. The molecule has 0 spiro atoms. The van der Waals surface area contributed by atoms with Crippen molar-refractivity contribution in [2.75, 3.05) is 23.3 Å². The molecule has 0 aromatic carbocycles. The van der Waals surface area contributed by atoms with Crippen LogP contribution in [0.15, 0.2) is 30.7 Å². The van der Waals surface area contributed by atoms with Crippen LogP contribution in [0.1, 0.15) is 62.0 Å². The molecular formula is C23H27FN6O2. The van der Waals surface area contributed by atoms with Gasteiger partial charge >= 0.3 is 6.03 Å². The smallest absolute Gasteiger partial charge is 0.309 e. The summed E-state index contributed by atoms with van der Waals surface area (Å²) in [5.74, 6) is 1.34. The van der Waals surface area contributed by atoms with E-state index in [1.807, 2.05) is 12.1 Å². The number of hydrogen-bond donors (Lipinski definition) is 1. The van der Waals surface area contributed by atoms with Crippen LogP contribution in [-0.2, 0) is 4.79 Å². The molecule has 0 bridgehead atoms. The molecule has 1 N–H and O–H groups in total. The van der Waals surface area contributed by atoms with Gasteiger partial charge in [-0.15, -0.1) is 0 Å². The minimum atomic E-state index is -1.25. The summed E-state index contributed by atoms with van der Waals surface area (Å²) in [6, 6.07) is 2.62. The van der Waals surface area contributed by atoms with Crippen molar-refractivity contribution in [1.29, 1.82) is 0 Å². The van der Waals surface area contributed by atoms with Crippen molar-refractivity contribution in [2.45, 2.75) is 63.1 Å². The van der Waals surface area contributed by atoms with Crippen molar-refractivity contribution >= 4 is 23.7 Å². The second-order valence-electron chi connectivity index (χ2n) is 8.90. The first-order chi connectivity index (χ1) is 15.5. The third-order valence-corrected chi connectivity index (χ3v) is 6.42. The molecule has 32 heavy (non-hydrogen) atoms. The van der Waals surface area contributed by atoms with Crippen LogP contribution in [0, 0.1) is 0 Å². The average Bonchev–Trinajstić information content (AvgIpc) is 3.72. The lowest BCUT2D eigenvalue weighted by molar-refractivity contribution is -0.117. The zero-order valence-corrected chi connectivity index (χ0v) is 18.1. The van der Waals surface area contributed by atoms with Crippen molar-refractivity contribution in [2.24, 2.45) is 0 Å². The lowest BCUT2D eigenvalue weighted by Gasteiger charge is -2.24. The molecule has 3 amide bonds. The number of rotatable bonds is 8. The number of aromatic nitrogens is 3. The van der Waals surface area contributed by atoms with Crippen LogP contribution in [0.3, 0.4) is 0 Å². The molecule has 2 atom stereocenters. The Hall–Kier alpha value is -3.10. The molecule has 168 valence electrons. The Morgan fingerprint density at radius 1 is 1.16 bits per heavy atom. The summed E-state index contributed by atoms with van der Waals surface area (Å²) in [4.78, 5) is 41.4. The van der Waals surface area contributed by atoms with Gasteiger partial charge < -0.3 is 10.2 Å². The molecule has 3 aliphatic rings. The summed E-state index contributed by atoms with van der Waals surface area (Å²) in [6.45, 7) is 1.58. The molecule has 2 aliphatic carbocycles. The highest BCUT2D eigenvalue weighted by Crippen LogP contribution is 2.40. The van der Waals surface area contributed by atoms with Gasteiger partial charge in [0.05, 0.1) is 12.6 Å². The summed E-state index contributed by atoms with van der Waals surface area (Å²) < 4.78 is 14.7. The average molecular weight is 439 g/mol. The Kier molecular flexibility index (Phi) is 5.48. The number of alkyl halides is 1. The van der Waals surface area contributed by atoms with Gasteiger partial charge in [0, 0.05) is 18.6 Å². The van der Waals surface area contributed by atoms with Gasteiger partial charge in [-0.3, -0.25) is 9.69 Å². The van der Waals surface area contributed by atoms with Gasteiger partial charge in [-0.25, -0.2) is 24.1 Å². The molecule has 8 nitrogen and oxygen atoms in total. The number of carbonyl (C=O) groups excluding carboxylic acids is 2. The van der Waals surface area contributed by atoms with Gasteiger partial charge in [0.1, 0.15) is 18.5 Å². The van der Waals surface area contributed by atoms with Crippen molar-refractivity contribution in [3.8, 4) is 0 Å². The van der Waals surface area contributed by atoms with Crippen LogP contribution in [0.25, 0.3) is 0 Å². The third-order valence-electron chi connectivity index (χ3n) is 6.42. The molecule has 5 rings (SSSR count). The molecule has 2 aromatic heterocycles. The Labute approximate surface area is 186 Å². The largest absolute Gasteiger partial charge is 0.327 e. The maximum Gasteiger partial charge on any atom is 0.327 e. The summed E-state index contributed by atoms with van der Waals surface area (Å²) in [7, 11) is 0. The normalized spacial score (nSPS) is 21.7. The highest BCUT2D eigenvalue weighted by molar-refractivity contribution is 5.98. The zero-order valence-electron chi connectivity index (χ0n) is 18.1. The van der Waals surface area contributed by atoms with E-state index in [0.29, 0.717) is 17.7 Å². The van der Waals surface area contributed by atoms with Gasteiger partial charge in [0.15, 0.2) is 0 Å². The van der Waals surface area contributed by atoms with Crippen LogP contribution in [0.4, 0.5) is 21.0 Å². The third kappa shape index (κ3) is 4.28. The molecule has 3 fully saturated rings. The molecule has 1 aliphatic heterocycles. The minimum absolute atomic E-state index is 0.110. The Bertz CT molecular complexity index is 1010. The van der Waals surface area contributed by atoms with Crippen molar-refractivity contribution in [1.82, 2.24) is 19.9 Å². The van der Waals surface area contributed by atoms with Crippen molar-refractivity contribution in [3.63, 3.8) is 0 Å². The molecule has 2 saturated carbocycles. The summed E-state index contributed by atoms with van der Waals surface area (Å²) in [5, 5.41) is 2.76. The van der Waals surface area contributed by atoms with Gasteiger partial charge in [-0.1, -0.05) is 6.92 Å². The lowest BCUT2D eigenvalue weighted by Crippen LogP contribution is -2.44. The van der Waals surface area contributed by atoms with Crippen LogP contribution in [0.5, 0.6) is 0 Å². The van der Waals surface area contributed by atoms with Gasteiger partial charge in [0.2, 0.25) is 11.9 Å². The number of urea groups is 1. The van der Waals surface area contributed by atoms with Crippen LogP contribution in [-0.4, -0.2) is 57.1 Å². The van der Waals surface area contributed by atoms with Crippen LogP contribution >= 0.6 is 0 Å². The minimum Gasteiger partial charge on any atom is -0.309 e. The first-order valence-electron chi connectivity index (χ1n) is 11.3. The number of pyridine rings is 1. The van der Waals surface area contributed by atoms with Crippen LogP contribution in [0.2, 0.25) is 0 Å². The zero-order chi connectivity index (χ0) is 22.2. The standard InChI is InChI=1S/C23H27FN6O2/c1-2-18(24)19-12-30(22-26-10-17(11-27-22)15-5-6-15)23(32)29(19)13-21(31)28-20-9-16(7-8-25-20)14-3-4-14/h7-11,14-15,18-19H,2-6,12-13H2,1H3,(H,25,28,31)/t18-,19+/m0/s1. The number of nitrogens with zero attached hydrogens (tertiary/aromatic N) is 5. The molecule has 3 heterocycles. The van der Waals surface area contributed by atoms with E-state index in [0.717, 1.165) is 36.8 Å². The highest BCUT2D eigenvalue weighted by atomic mass is 19.1. The first-order valence-corrected chi connectivity index (χ1v) is 11.3. The van der Waals surface area contributed by atoms with E-state index in [1.54, 1.807) is 25.5 Å². The quantitative estimate of drug-likeness (QED) is 0.680. The van der Waals surface area contributed by atoms with E-state index in [4.69, 9.17) is 0 Å². The van der Waals surface area contributed by atoms with Crippen molar-refractivity contribution in [3.05, 3.63) is 41.9 Å². The molecule has 0 radical (unpaired) electrons. The van der Waals surface area contributed by atoms with E-state index in [9.17, 15) is 14.0 Å². The summed E-state index contributed by atoms with van der Waals surface area (Å²) >= 11 is 0. The number of anilines is 2. The maximum absolute atomic E-state index is 14.7. The Balaban J connectivity index is 1.29. The fourth-order valence-corrected chi connectivity index (χ4v) is 4.22. The second kappa shape index (κ2) is 8.44. The molecule has 9 heteroatoms. The second-order valence-corrected chi connectivity index (χ2v) is 8.90. The predicted octanol–water partition coefficient (Wildman–Crippen LogP) is 3.62. The van der Waals surface area contributed by atoms with E-state index >= 15 is 0 Å². The molecular weight excluding hydrogens is 411 g/mol.